The van der Waals surface area contributed by atoms with Gasteiger partial charge in [-0.3, -0.25) is 0 Å². The molecule has 0 fully saturated rings. The van der Waals surface area contributed by atoms with Gasteiger partial charge in [-0.15, -0.1) is 12.4 Å². The van der Waals surface area contributed by atoms with Gasteiger partial charge in [0, 0.05) is 6.04 Å². The normalized spacial score (nSPS) is 11.8. The summed E-state index contributed by atoms with van der Waals surface area (Å²) < 4.78 is 5.71. The first-order chi connectivity index (χ1) is 8.12. The molecule has 2 N–H and O–H groups in total. The van der Waals surface area contributed by atoms with Crippen LogP contribution < -0.4 is 10.5 Å². The van der Waals surface area contributed by atoms with E-state index < -0.39 is 0 Å². The van der Waals surface area contributed by atoms with Gasteiger partial charge in [-0.25, -0.2) is 0 Å². The third-order valence-electron chi connectivity index (χ3n) is 3.10. The zero-order valence-corrected chi connectivity index (χ0v) is 12.8. The van der Waals surface area contributed by atoms with Crippen LogP contribution in [0.1, 0.15) is 43.9 Å². The van der Waals surface area contributed by atoms with Crippen LogP contribution in [0, 0.1) is 6.92 Å². The first-order valence-corrected chi connectivity index (χ1v) is 6.63. The summed E-state index contributed by atoms with van der Waals surface area (Å²) in [6, 6.07) is 4.71. The molecule has 1 aromatic carbocycles. The topological polar surface area (TPSA) is 35.2 Å². The fourth-order valence-electron chi connectivity index (χ4n) is 2.11. The molecule has 0 radical (unpaired) electrons. The van der Waals surface area contributed by atoms with Crippen molar-refractivity contribution in [3.63, 3.8) is 0 Å². The van der Waals surface area contributed by atoms with Crippen molar-refractivity contribution in [1.82, 2.24) is 0 Å². The number of halogens is 1. The van der Waals surface area contributed by atoms with Gasteiger partial charge in [0.15, 0.2) is 0 Å². The Labute approximate surface area is 117 Å². The van der Waals surface area contributed by atoms with Crippen molar-refractivity contribution >= 4 is 12.4 Å². The van der Waals surface area contributed by atoms with Crippen LogP contribution in [0.15, 0.2) is 12.1 Å². The molecule has 0 aromatic heterocycles. The summed E-state index contributed by atoms with van der Waals surface area (Å²) in [6.45, 7) is 9.17. The van der Waals surface area contributed by atoms with E-state index in [4.69, 9.17) is 10.5 Å². The van der Waals surface area contributed by atoms with Gasteiger partial charge >= 0.3 is 0 Å². The van der Waals surface area contributed by atoms with Crippen molar-refractivity contribution in [2.24, 2.45) is 5.73 Å². The van der Waals surface area contributed by atoms with Gasteiger partial charge in [0.25, 0.3) is 0 Å². The zero-order valence-electron chi connectivity index (χ0n) is 12.0. The standard InChI is InChI=1S/C15H25NO.ClH/c1-5-13-9-12(10-14(16)6-2)8-11(4)15(13)17-7-3;/h8-9,14H,5-7,10,16H2,1-4H3;1H. The Kier molecular flexibility index (Phi) is 8.05. The molecule has 0 heterocycles. The SMILES string of the molecule is CCOc1c(C)cc(CC(N)CC)cc1CC.Cl. The quantitative estimate of drug-likeness (QED) is 0.857. The number of hydrogen-bond acceptors (Lipinski definition) is 2. The second kappa shape index (κ2) is 8.39. The van der Waals surface area contributed by atoms with Crippen LogP contribution in [0.5, 0.6) is 5.75 Å². The minimum atomic E-state index is 0. The Bertz CT molecular complexity index is 366. The van der Waals surface area contributed by atoms with Gasteiger partial charge in [-0.05, 0) is 49.8 Å². The molecule has 0 amide bonds. The van der Waals surface area contributed by atoms with Crippen molar-refractivity contribution in [1.29, 1.82) is 0 Å². The lowest BCUT2D eigenvalue weighted by Crippen LogP contribution is -2.21. The smallest absolute Gasteiger partial charge is 0.125 e. The molecular formula is C15H26ClNO. The number of aryl methyl sites for hydroxylation is 2. The van der Waals surface area contributed by atoms with E-state index in [0.29, 0.717) is 0 Å². The van der Waals surface area contributed by atoms with E-state index in [-0.39, 0.29) is 18.4 Å². The van der Waals surface area contributed by atoms with Crippen LogP contribution in [0.2, 0.25) is 0 Å². The summed E-state index contributed by atoms with van der Waals surface area (Å²) in [6.07, 6.45) is 2.98. The molecular weight excluding hydrogens is 246 g/mol. The van der Waals surface area contributed by atoms with Crippen LogP contribution >= 0.6 is 12.4 Å². The van der Waals surface area contributed by atoms with E-state index in [0.717, 1.165) is 31.6 Å². The second-order valence-corrected chi connectivity index (χ2v) is 4.56. The lowest BCUT2D eigenvalue weighted by atomic mass is 9.98. The molecule has 18 heavy (non-hydrogen) atoms. The number of nitrogens with two attached hydrogens (primary N) is 1. The summed E-state index contributed by atoms with van der Waals surface area (Å²) in [5.74, 6) is 1.06. The molecule has 0 saturated carbocycles. The lowest BCUT2D eigenvalue weighted by Gasteiger charge is -2.16. The maximum absolute atomic E-state index is 6.01. The molecule has 1 aromatic rings. The molecule has 1 atom stereocenters. The lowest BCUT2D eigenvalue weighted by molar-refractivity contribution is 0.334. The number of ether oxygens (including phenoxy) is 1. The molecule has 0 saturated heterocycles. The minimum Gasteiger partial charge on any atom is -0.493 e. The Balaban J connectivity index is 0.00000289. The highest BCUT2D eigenvalue weighted by Crippen LogP contribution is 2.26. The van der Waals surface area contributed by atoms with Gasteiger partial charge in [-0.2, -0.15) is 0 Å². The summed E-state index contributed by atoms with van der Waals surface area (Å²) >= 11 is 0. The van der Waals surface area contributed by atoms with Crippen molar-refractivity contribution in [2.45, 2.75) is 53.0 Å². The van der Waals surface area contributed by atoms with Gasteiger partial charge < -0.3 is 10.5 Å². The highest BCUT2D eigenvalue weighted by atomic mass is 35.5. The molecule has 1 rings (SSSR count). The summed E-state index contributed by atoms with van der Waals surface area (Å²) in [5.41, 5.74) is 9.87. The Hall–Kier alpha value is -0.730. The molecule has 1 unspecified atom stereocenters. The molecule has 104 valence electrons. The molecule has 0 aliphatic rings. The van der Waals surface area contributed by atoms with Gasteiger partial charge in [0.05, 0.1) is 6.61 Å². The predicted molar refractivity (Wildman–Crippen MR) is 80.9 cm³/mol. The van der Waals surface area contributed by atoms with E-state index in [1.165, 1.54) is 16.7 Å². The number of benzene rings is 1. The monoisotopic (exact) mass is 271 g/mol. The Morgan fingerprint density at radius 3 is 2.39 bits per heavy atom. The van der Waals surface area contributed by atoms with Gasteiger partial charge in [0.1, 0.15) is 5.75 Å². The van der Waals surface area contributed by atoms with Crippen LogP contribution in [-0.2, 0) is 12.8 Å². The molecule has 0 bridgehead atoms. The van der Waals surface area contributed by atoms with E-state index in [1.807, 2.05) is 6.92 Å². The fourth-order valence-corrected chi connectivity index (χ4v) is 2.11. The largest absolute Gasteiger partial charge is 0.493 e. The van der Waals surface area contributed by atoms with Gasteiger partial charge in [-0.1, -0.05) is 26.0 Å². The summed E-state index contributed by atoms with van der Waals surface area (Å²) in [4.78, 5) is 0. The van der Waals surface area contributed by atoms with E-state index in [1.54, 1.807) is 0 Å². The second-order valence-electron chi connectivity index (χ2n) is 4.56. The van der Waals surface area contributed by atoms with Crippen LogP contribution in [0.3, 0.4) is 0 Å². The number of rotatable bonds is 6. The first kappa shape index (κ1) is 17.3. The van der Waals surface area contributed by atoms with Crippen LogP contribution in [0.25, 0.3) is 0 Å². The average Bonchev–Trinajstić information content (AvgIpc) is 2.32. The molecule has 0 aliphatic heterocycles. The summed E-state index contributed by atoms with van der Waals surface area (Å²) in [7, 11) is 0. The Morgan fingerprint density at radius 1 is 1.22 bits per heavy atom. The first-order valence-electron chi connectivity index (χ1n) is 6.63. The van der Waals surface area contributed by atoms with E-state index in [9.17, 15) is 0 Å². The summed E-state index contributed by atoms with van der Waals surface area (Å²) in [5, 5.41) is 0. The van der Waals surface area contributed by atoms with Crippen molar-refractivity contribution in [3.8, 4) is 5.75 Å². The van der Waals surface area contributed by atoms with Crippen molar-refractivity contribution < 1.29 is 4.74 Å². The maximum atomic E-state index is 6.01. The van der Waals surface area contributed by atoms with Crippen LogP contribution in [0.4, 0.5) is 0 Å². The fraction of sp³-hybridized carbons (Fsp3) is 0.600. The highest BCUT2D eigenvalue weighted by molar-refractivity contribution is 5.85. The average molecular weight is 272 g/mol. The predicted octanol–water partition coefficient (Wildman–Crippen LogP) is 3.66. The minimum absolute atomic E-state index is 0. The third kappa shape index (κ3) is 4.51. The maximum Gasteiger partial charge on any atom is 0.125 e. The van der Waals surface area contributed by atoms with Gasteiger partial charge in [0.2, 0.25) is 0 Å². The van der Waals surface area contributed by atoms with E-state index in [2.05, 4.69) is 32.9 Å². The van der Waals surface area contributed by atoms with Crippen molar-refractivity contribution in [3.05, 3.63) is 28.8 Å². The Morgan fingerprint density at radius 2 is 1.89 bits per heavy atom. The molecule has 3 heteroatoms. The van der Waals surface area contributed by atoms with Crippen LogP contribution in [-0.4, -0.2) is 12.6 Å². The molecule has 0 spiro atoms. The zero-order chi connectivity index (χ0) is 12.8. The van der Waals surface area contributed by atoms with Crippen molar-refractivity contribution in [2.75, 3.05) is 6.61 Å². The van der Waals surface area contributed by atoms with E-state index >= 15 is 0 Å². The third-order valence-corrected chi connectivity index (χ3v) is 3.10. The molecule has 0 aliphatic carbocycles. The number of hydrogen-bond donors (Lipinski definition) is 1. The molecule has 2 nitrogen and oxygen atoms in total. The highest BCUT2D eigenvalue weighted by Gasteiger charge is 2.09.